The largest absolute Gasteiger partial charge is 0.497 e. The first-order valence-electron chi connectivity index (χ1n) is 6.97. The van der Waals surface area contributed by atoms with Gasteiger partial charge in [0, 0.05) is 15.7 Å². The second-order valence-corrected chi connectivity index (χ2v) is 5.86. The van der Waals surface area contributed by atoms with Gasteiger partial charge in [-0.1, -0.05) is 29.3 Å². The molecule has 0 unspecified atom stereocenters. The Labute approximate surface area is 150 Å². The summed E-state index contributed by atoms with van der Waals surface area (Å²) in [5.41, 5.74) is 1.95. The Bertz CT molecular complexity index is 855. The average molecular weight is 361 g/mol. The lowest BCUT2D eigenvalue weighted by Gasteiger charge is -2.07. The molecule has 0 spiro atoms. The van der Waals surface area contributed by atoms with E-state index in [0.717, 1.165) is 5.56 Å². The van der Waals surface area contributed by atoms with Crippen LogP contribution in [0.15, 0.2) is 42.0 Å². The van der Waals surface area contributed by atoms with E-state index in [-0.39, 0.29) is 5.57 Å². The van der Waals surface area contributed by atoms with Crippen LogP contribution in [-0.4, -0.2) is 13.0 Å². The Balaban J connectivity index is 2.27. The normalized spacial score (nSPS) is 10.9. The number of rotatable bonds is 4. The van der Waals surface area contributed by atoms with E-state index in [1.54, 1.807) is 36.4 Å². The minimum Gasteiger partial charge on any atom is -0.497 e. The fourth-order valence-corrected chi connectivity index (χ4v) is 2.38. The van der Waals surface area contributed by atoms with E-state index in [4.69, 9.17) is 27.9 Å². The van der Waals surface area contributed by atoms with E-state index in [1.807, 2.05) is 13.0 Å². The smallest absolute Gasteiger partial charge is 0.266 e. The number of amides is 1. The second-order valence-electron chi connectivity index (χ2n) is 5.01. The van der Waals surface area contributed by atoms with Crippen LogP contribution in [0, 0.1) is 18.3 Å². The zero-order chi connectivity index (χ0) is 17.7. The Kier molecular flexibility index (Phi) is 5.86. The molecule has 0 heterocycles. The number of anilines is 1. The fraction of sp³-hybridized carbons (Fsp3) is 0.111. The number of nitrogens with zero attached hydrogens (tertiary/aromatic N) is 1. The molecule has 0 bridgehead atoms. The van der Waals surface area contributed by atoms with Crippen LogP contribution in [0.1, 0.15) is 11.1 Å². The van der Waals surface area contributed by atoms with E-state index < -0.39 is 5.91 Å². The maximum atomic E-state index is 12.3. The van der Waals surface area contributed by atoms with Gasteiger partial charge in [0.2, 0.25) is 0 Å². The van der Waals surface area contributed by atoms with Gasteiger partial charge >= 0.3 is 0 Å². The van der Waals surface area contributed by atoms with E-state index in [0.29, 0.717) is 27.0 Å². The number of nitrogens with one attached hydrogen (secondary N) is 1. The number of hydrogen-bond acceptors (Lipinski definition) is 3. The second kappa shape index (κ2) is 7.87. The Morgan fingerprint density at radius 1 is 1.25 bits per heavy atom. The van der Waals surface area contributed by atoms with Gasteiger partial charge in [-0.25, -0.2) is 0 Å². The summed E-state index contributed by atoms with van der Waals surface area (Å²) in [6, 6.07) is 12.0. The summed E-state index contributed by atoms with van der Waals surface area (Å²) < 4.78 is 5.12. The van der Waals surface area contributed by atoms with Crippen LogP contribution >= 0.6 is 23.2 Å². The van der Waals surface area contributed by atoms with Gasteiger partial charge in [-0.3, -0.25) is 4.79 Å². The molecule has 1 N–H and O–H groups in total. The zero-order valence-corrected chi connectivity index (χ0v) is 14.6. The molecule has 2 aromatic carbocycles. The van der Waals surface area contributed by atoms with Crippen molar-refractivity contribution in [3.05, 3.63) is 63.1 Å². The highest BCUT2D eigenvalue weighted by Gasteiger charge is 2.11. The molecule has 0 aliphatic rings. The van der Waals surface area contributed by atoms with Crippen LogP contribution < -0.4 is 10.1 Å². The molecule has 6 heteroatoms. The predicted octanol–water partition coefficient (Wildman–Crippen LogP) is 4.86. The summed E-state index contributed by atoms with van der Waals surface area (Å²) >= 11 is 12.0. The molecule has 0 fully saturated rings. The molecule has 0 atom stereocenters. The quantitative estimate of drug-likeness (QED) is 0.625. The standard InChI is InChI=1S/C18H14Cl2N2O2/c1-11-3-4-15(9-17(11)20)22-18(23)13(10-21)5-12-6-14(19)8-16(7-12)24-2/h3-9H,1-2H3,(H,22,23)/b13-5+. The number of benzene rings is 2. The van der Waals surface area contributed by atoms with Gasteiger partial charge in [0.15, 0.2) is 0 Å². The number of nitriles is 1. The van der Waals surface area contributed by atoms with Crippen molar-refractivity contribution in [2.75, 3.05) is 12.4 Å². The van der Waals surface area contributed by atoms with E-state index in [2.05, 4.69) is 5.32 Å². The topological polar surface area (TPSA) is 62.1 Å². The van der Waals surface area contributed by atoms with Gasteiger partial charge in [0.05, 0.1) is 7.11 Å². The van der Waals surface area contributed by atoms with Crippen LogP contribution in [-0.2, 0) is 4.79 Å². The van der Waals surface area contributed by atoms with Crippen molar-refractivity contribution in [3.63, 3.8) is 0 Å². The molecule has 0 radical (unpaired) electrons. The molecule has 0 aliphatic carbocycles. The summed E-state index contributed by atoms with van der Waals surface area (Å²) in [4.78, 5) is 12.3. The Morgan fingerprint density at radius 2 is 2.00 bits per heavy atom. The maximum absolute atomic E-state index is 12.3. The van der Waals surface area contributed by atoms with E-state index in [1.165, 1.54) is 13.2 Å². The lowest BCUT2D eigenvalue weighted by molar-refractivity contribution is -0.112. The molecule has 122 valence electrons. The number of halogens is 2. The van der Waals surface area contributed by atoms with E-state index in [9.17, 15) is 10.1 Å². The van der Waals surface area contributed by atoms with Crippen molar-refractivity contribution in [1.29, 1.82) is 5.26 Å². The number of carbonyl (C=O) groups excluding carboxylic acids is 1. The van der Waals surface area contributed by atoms with Crippen molar-refractivity contribution in [2.24, 2.45) is 0 Å². The molecule has 0 saturated carbocycles. The Morgan fingerprint density at radius 3 is 2.62 bits per heavy atom. The molecular formula is C18H14Cl2N2O2. The summed E-state index contributed by atoms with van der Waals surface area (Å²) in [5.74, 6) is 0.00752. The monoisotopic (exact) mass is 360 g/mol. The molecule has 2 aromatic rings. The molecule has 0 aromatic heterocycles. The lowest BCUT2D eigenvalue weighted by atomic mass is 10.1. The van der Waals surface area contributed by atoms with Crippen LogP contribution in [0.3, 0.4) is 0 Å². The zero-order valence-electron chi connectivity index (χ0n) is 13.1. The van der Waals surface area contributed by atoms with Crippen molar-refractivity contribution in [3.8, 4) is 11.8 Å². The van der Waals surface area contributed by atoms with Gasteiger partial charge in [0.1, 0.15) is 17.4 Å². The van der Waals surface area contributed by atoms with Crippen molar-refractivity contribution in [1.82, 2.24) is 0 Å². The van der Waals surface area contributed by atoms with E-state index >= 15 is 0 Å². The van der Waals surface area contributed by atoms with Crippen LogP contribution in [0.25, 0.3) is 6.08 Å². The molecule has 2 rings (SSSR count). The maximum Gasteiger partial charge on any atom is 0.266 e. The summed E-state index contributed by atoms with van der Waals surface area (Å²) in [7, 11) is 1.51. The first-order chi connectivity index (χ1) is 11.4. The molecule has 4 nitrogen and oxygen atoms in total. The number of carbonyl (C=O) groups is 1. The van der Waals surface area contributed by atoms with Crippen molar-refractivity contribution < 1.29 is 9.53 Å². The first kappa shape index (κ1) is 17.9. The minimum absolute atomic E-state index is 0.0592. The minimum atomic E-state index is -0.531. The summed E-state index contributed by atoms with van der Waals surface area (Å²) in [6.45, 7) is 1.86. The lowest BCUT2D eigenvalue weighted by Crippen LogP contribution is -2.13. The molecule has 0 aliphatic heterocycles. The third-order valence-corrected chi connectivity index (χ3v) is 3.86. The highest BCUT2D eigenvalue weighted by Crippen LogP contribution is 2.23. The van der Waals surface area contributed by atoms with Crippen LogP contribution in [0.4, 0.5) is 5.69 Å². The predicted molar refractivity (Wildman–Crippen MR) is 96.4 cm³/mol. The van der Waals surface area contributed by atoms with Gasteiger partial charge in [-0.2, -0.15) is 5.26 Å². The molecule has 1 amide bonds. The third kappa shape index (κ3) is 4.51. The third-order valence-electron chi connectivity index (χ3n) is 3.24. The molecule has 0 saturated heterocycles. The fourth-order valence-electron chi connectivity index (χ4n) is 1.97. The van der Waals surface area contributed by atoms with Gasteiger partial charge < -0.3 is 10.1 Å². The van der Waals surface area contributed by atoms with Crippen LogP contribution in [0.2, 0.25) is 10.0 Å². The van der Waals surface area contributed by atoms with Gasteiger partial charge in [-0.05, 0) is 54.5 Å². The summed E-state index contributed by atoms with van der Waals surface area (Å²) in [5, 5.41) is 12.9. The highest BCUT2D eigenvalue weighted by molar-refractivity contribution is 6.31. The number of aryl methyl sites for hydroxylation is 1. The molecule has 24 heavy (non-hydrogen) atoms. The highest BCUT2D eigenvalue weighted by atomic mass is 35.5. The van der Waals surface area contributed by atoms with Gasteiger partial charge in [-0.15, -0.1) is 0 Å². The van der Waals surface area contributed by atoms with Crippen molar-refractivity contribution >= 4 is 40.9 Å². The summed E-state index contributed by atoms with van der Waals surface area (Å²) in [6.07, 6.45) is 1.44. The molecular weight excluding hydrogens is 347 g/mol. The number of hydrogen-bond donors (Lipinski definition) is 1. The van der Waals surface area contributed by atoms with Gasteiger partial charge in [0.25, 0.3) is 5.91 Å². The van der Waals surface area contributed by atoms with Crippen molar-refractivity contribution in [2.45, 2.75) is 6.92 Å². The SMILES string of the molecule is COc1cc(Cl)cc(/C=C(\C#N)C(=O)Nc2ccc(C)c(Cl)c2)c1. The number of ether oxygens (including phenoxy) is 1. The average Bonchev–Trinajstić information content (AvgIpc) is 2.55. The number of methoxy groups -OCH3 is 1. The van der Waals surface area contributed by atoms with Crippen LogP contribution in [0.5, 0.6) is 5.75 Å². The first-order valence-corrected chi connectivity index (χ1v) is 7.72. The Hall–Kier alpha value is -2.48.